The van der Waals surface area contributed by atoms with Gasteiger partial charge in [-0.05, 0) is 30.5 Å². The Labute approximate surface area is 112 Å². The van der Waals surface area contributed by atoms with E-state index in [0.29, 0.717) is 23.3 Å². The first-order valence-electron chi connectivity index (χ1n) is 6.17. The van der Waals surface area contributed by atoms with Crippen molar-refractivity contribution in [3.63, 3.8) is 0 Å². The molecule has 1 aromatic rings. The first kappa shape index (κ1) is 13.6. The van der Waals surface area contributed by atoms with Gasteiger partial charge in [0, 0.05) is 5.41 Å². The standard InChI is InChI=1S/C15H18O4/c1-8-6-9(14(17)19-5)10-7-15(2,3)13(16)11(10)12(8)18-4/h6H,7H2,1-5H3. The zero-order chi connectivity index (χ0) is 14.4. The van der Waals surface area contributed by atoms with Crippen LogP contribution in [0, 0.1) is 12.3 Å². The predicted octanol–water partition coefficient (Wildman–Crippen LogP) is 2.56. The van der Waals surface area contributed by atoms with Gasteiger partial charge in [0.1, 0.15) is 5.75 Å². The fourth-order valence-electron chi connectivity index (χ4n) is 2.68. The molecule has 0 fully saturated rings. The fraction of sp³-hybridized carbons (Fsp3) is 0.467. The molecular weight excluding hydrogens is 244 g/mol. The first-order valence-corrected chi connectivity index (χ1v) is 6.17. The molecule has 0 spiro atoms. The summed E-state index contributed by atoms with van der Waals surface area (Å²) in [5.41, 5.74) is 2.01. The van der Waals surface area contributed by atoms with E-state index < -0.39 is 11.4 Å². The topological polar surface area (TPSA) is 52.6 Å². The van der Waals surface area contributed by atoms with Crippen LogP contribution in [0.5, 0.6) is 5.75 Å². The van der Waals surface area contributed by atoms with Crippen LogP contribution in [0.25, 0.3) is 0 Å². The Balaban J connectivity index is 2.76. The number of fused-ring (bicyclic) bond motifs is 1. The van der Waals surface area contributed by atoms with E-state index in [1.54, 1.807) is 13.2 Å². The van der Waals surface area contributed by atoms with Gasteiger partial charge < -0.3 is 9.47 Å². The van der Waals surface area contributed by atoms with Crippen LogP contribution < -0.4 is 4.74 Å². The summed E-state index contributed by atoms with van der Waals surface area (Å²) < 4.78 is 10.1. The Hall–Kier alpha value is -1.84. The minimum absolute atomic E-state index is 0.0215. The molecular formula is C15H18O4. The summed E-state index contributed by atoms with van der Waals surface area (Å²) in [6.07, 6.45) is 0.530. The molecule has 102 valence electrons. The Bertz CT molecular complexity index is 570. The highest BCUT2D eigenvalue weighted by Gasteiger charge is 2.42. The third kappa shape index (κ3) is 1.91. The number of carbonyl (C=O) groups excluding carboxylic acids is 2. The molecule has 0 saturated carbocycles. The molecule has 0 atom stereocenters. The van der Waals surface area contributed by atoms with Gasteiger partial charge in [0.25, 0.3) is 0 Å². The average molecular weight is 262 g/mol. The second-order valence-electron chi connectivity index (χ2n) is 5.51. The maximum absolute atomic E-state index is 12.5. The van der Waals surface area contributed by atoms with Crippen LogP contribution in [-0.4, -0.2) is 26.0 Å². The number of aryl methyl sites for hydroxylation is 1. The van der Waals surface area contributed by atoms with E-state index in [2.05, 4.69) is 0 Å². The quantitative estimate of drug-likeness (QED) is 0.769. The Kier molecular flexibility index (Phi) is 3.12. The van der Waals surface area contributed by atoms with Crippen molar-refractivity contribution in [2.24, 2.45) is 5.41 Å². The average Bonchev–Trinajstić information content (AvgIpc) is 2.60. The number of ketones is 1. The van der Waals surface area contributed by atoms with Crippen molar-refractivity contribution in [3.8, 4) is 5.75 Å². The molecule has 1 aromatic carbocycles. The van der Waals surface area contributed by atoms with Gasteiger partial charge in [-0.25, -0.2) is 4.79 Å². The van der Waals surface area contributed by atoms with Gasteiger partial charge in [-0.2, -0.15) is 0 Å². The maximum atomic E-state index is 12.5. The monoisotopic (exact) mass is 262 g/mol. The highest BCUT2D eigenvalue weighted by Crippen LogP contribution is 2.43. The lowest BCUT2D eigenvalue weighted by Gasteiger charge is -2.14. The molecule has 19 heavy (non-hydrogen) atoms. The SMILES string of the molecule is COC(=O)c1cc(C)c(OC)c2c1CC(C)(C)C2=O. The van der Waals surface area contributed by atoms with Gasteiger partial charge in [0.2, 0.25) is 0 Å². The summed E-state index contributed by atoms with van der Waals surface area (Å²) in [7, 11) is 2.88. The molecule has 0 heterocycles. The molecule has 0 radical (unpaired) electrons. The predicted molar refractivity (Wildman–Crippen MR) is 70.9 cm³/mol. The number of hydrogen-bond acceptors (Lipinski definition) is 4. The summed E-state index contributed by atoms with van der Waals surface area (Å²) >= 11 is 0. The number of methoxy groups -OCH3 is 2. The van der Waals surface area contributed by atoms with Crippen LogP contribution in [0.3, 0.4) is 0 Å². The molecule has 2 rings (SSSR count). The molecule has 0 N–H and O–H groups in total. The number of Topliss-reactive ketones (excluding diaryl/α,β-unsaturated/α-hetero) is 1. The third-order valence-corrected chi connectivity index (χ3v) is 3.64. The smallest absolute Gasteiger partial charge is 0.338 e. The maximum Gasteiger partial charge on any atom is 0.338 e. The van der Waals surface area contributed by atoms with Crippen LogP contribution in [-0.2, 0) is 11.2 Å². The van der Waals surface area contributed by atoms with E-state index in [9.17, 15) is 9.59 Å². The van der Waals surface area contributed by atoms with Crippen molar-refractivity contribution in [1.29, 1.82) is 0 Å². The largest absolute Gasteiger partial charge is 0.496 e. The zero-order valence-corrected chi connectivity index (χ0v) is 11.9. The van der Waals surface area contributed by atoms with E-state index in [1.165, 1.54) is 7.11 Å². The molecule has 0 saturated heterocycles. The fourth-order valence-corrected chi connectivity index (χ4v) is 2.68. The Morgan fingerprint density at radius 1 is 1.32 bits per heavy atom. The lowest BCUT2D eigenvalue weighted by atomic mass is 9.89. The molecule has 0 bridgehead atoms. The highest BCUT2D eigenvalue weighted by molar-refractivity contribution is 6.10. The van der Waals surface area contributed by atoms with Crippen LogP contribution in [0.2, 0.25) is 0 Å². The van der Waals surface area contributed by atoms with E-state index >= 15 is 0 Å². The molecule has 0 aromatic heterocycles. The van der Waals surface area contributed by atoms with Gasteiger partial charge in [-0.15, -0.1) is 0 Å². The molecule has 0 amide bonds. The van der Waals surface area contributed by atoms with Crippen molar-refractivity contribution < 1.29 is 19.1 Å². The Morgan fingerprint density at radius 3 is 2.47 bits per heavy atom. The van der Waals surface area contributed by atoms with Crippen LogP contribution in [0.15, 0.2) is 6.07 Å². The van der Waals surface area contributed by atoms with Crippen molar-refractivity contribution in [2.75, 3.05) is 14.2 Å². The molecule has 1 aliphatic carbocycles. The lowest BCUT2D eigenvalue weighted by Crippen LogP contribution is -2.19. The summed E-state index contributed by atoms with van der Waals surface area (Å²) in [6.45, 7) is 5.58. The van der Waals surface area contributed by atoms with Gasteiger partial charge in [-0.1, -0.05) is 13.8 Å². The van der Waals surface area contributed by atoms with Gasteiger partial charge in [0.15, 0.2) is 5.78 Å². The minimum atomic E-state index is -0.508. The molecule has 0 unspecified atom stereocenters. The lowest BCUT2D eigenvalue weighted by molar-refractivity contribution is 0.0599. The summed E-state index contributed by atoms with van der Waals surface area (Å²) in [6, 6.07) is 1.73. The normalized spacial score (nSPS) is 16.2. The first-order chi connectivity index (χ1) is 8.83. The van der Waals surface area contributed by atoms with Crippen molar-refractivity contribution >= 4 is 11.8 Å². The summed E-state index contributed by atoms with van der Waals surface area (Å²) in [4.78, 5) is 24.3. The van der Waals surface area contributed by atoms with Crippen molar-refractivity contribution in [1.82, 2.24) is 0 Å². The summed E-state index contributed by atoms with van der Waals surface area (Å²) in [5, 5.41) is 0. The Morgan fingerprint density at radius 2 is 1.95 bits per heavy atom. The number of ether oxygens (including phenoxy) is 2. The van der Waals surface area contributed by atoms with Gasteiger partial charge in [-0.3, -0.25) is 4.79 Å². The molecule has 1 aliphatic rings. The number of benzene rings is 1. The minimum Gasteiger partial charge on any atom is -0.496 e. The van der Waals surface area contributed by atoms with E-state index in [0.717, 1.165) is 11.1 Å². The second kappa shape index (κ2) is 4.37. The van der Waals surface area contributed by atoms with Gasteiger partial charge >= 0.3 is 5.97 Å². The number of rotatable bonds is 2. The molecule has 4 nitrogen and oxygen atoms in total. The summed E-state index contributed by atoms with van der Waals surface area (Å²) in [5.74, 6) is 0.180. The third-order valence-electron chi connectivity index (χ3n) is 3.64. The van der Waals surface area contributed by atoms with E-state index in [-0.39, 0.29) is 5.78 Å². The van der Waals surface area contributed by atoms with Crippen LogP contribution in [0.1, 0.15) is 45.7 Å². The van der Waals surface area contributed by atoms with Crippen molar-refractivity contribution in [3.05, 3.63) is 28.3 Å². The zero-order valence-electron chi connectivity index (χ0n) is 11.9. The number of esters is 1. The van der Waals surface area contributed by atoms with E-state index in [1.807, 2.05) is 20.8 Å². The van der Waals surface area contributed by atoms with Crippen LogP contribution >= 0.6 is 0 Å². The van der Waals surface area contributed by atoms with Crippen LogP contribution in [0.4, 0.5) is 0 Å². The highest BCUT2D eigenvalue weighted by atomic mass is 16.5. The van der Waals surface area contributed by atoms with E-state index in [4.69, 9.17) is 9.47 Å². The number of hydrogen-bond donors (Lipinski definition) is 0. The molecule has 0 aliphatic heterocycles. The molecule has 4 heteroatoms. The number of carbonyl (C=O) groups is 2. The second-order valence-corrected chi connectivity index (χ2v) is 5.51. The van der Waals surface area contributed by atoms with Crippen molar-refractivity contribution in [2.45, 2.75) is 27.2 Å². The van der Waals surface area contributed by atoms with Gasteiger partial charge in [0.05, 0.1) is 25.3 Å².